The van der Waals surface area contributed by atoms with E-state index in [-0.39, 0.29) is 0 Å². The fourth-order valence-electron chi connectivity index (χ4n) is 1.73. The molecule has 0 radical (unpaired) electrons. The zero-order valence-corrected chi connectivity index (χ0v) is 12.4. The summed E-state index contributed by atoms with van der Waals surface area (Å²) in [6.07, 6.45) is 3.40. The van der Waals surface area contributed by atoms with Crippen LogP contribution in [-0.4, -0.2) is 18.8 Å². The van der Waals surface area contributed by atoms with Gasteiger partial charge in [-0.2, -0.15) is 5.26 Å². The summed E-state index contributed by atoms with van der Waals surface area (Å²) in [4.78, 5) is 0. The maximum absolute atomic E-state index is 8.82. The predicted molar refractivity (Wildman–Crippen MR) is 79.8 cm³/mol. The van der Waals surface area contributed by atoms with Crippen LogP contribution in [0.25, 0.3) is 0 Å². The highest BCUT2D eigenvalue weighted by Crippen LogP contribution is 2.26. The third-order valence-corrected chi connectivity index (χ3v) is 2.91. The second-order valence-electron chi connectivity index (χ2n) is 5.13. The van der Waals surface area contributed by atoms with Crippen LogP contribution in [0.3, 0.4) is 0 Å². The Morgan fingerprint density at radius 2 is 1.75 bits per heavy atom. The van der Waals surface area contributed by atoms with Crippen molar-refractivity contribution in [3.63, 3.8) is 0 Å². The first-order valence-corrected chi connectivity index (χ1v) is 7.14. The molecule has 0 heterocycles. The number of para-hydroxylation sites is 2. The molecular formula is C16H24N2O2. The molecule has 1 aromatic carbocycles. The van der Waals surface area contributed by atoms with Crippen molar-refractivity contribution < 1.29 is 9.47 Å². The van der Waals surface area contributed by atoms with Gasteiger partial charge in [0.1, 0.15) is 5.54 Å². The van der Waals surface area contributed by atoms with Crippen LogP contribution in [0, 0.1) is 11.3 Å². The SMILES string of the molecule is CCCOc1ccccc1OCCCCC(C)(N)C#N. The monoisotopic (exact) mass is 276 g/mol. The minimum Gasteiger partial charge on any atom is -0.490 e. The van der Waals surface area contributed by atoms with E-state index < -0.39 is 5.54 Å². The first kappa shape index (κ1) is 16.3. The Morgan fingerprint density at radius 3 is 2.30 bits per heavy atom. The van der Waals surface area contributed by atoms with Crippen LogP contribution in [0.1, 0.15) is 39.5 Å². The summed E-state index contributed by atoms with van der Waals surface area (Å²) in [7, 11) is 0. The summed E-state index contributed by atoms with van der Waals surface area (Å²) >= 11 is 0. The molecule has 110 valence electrons. The van der Waals surface area contributed by atoms with Crippen molar-refractivity contribution in [1.29, 1.82) is 5.26 Å². The molecule has 0 aliphatic carbocycles. The van der Waals surface area contributed by atoms with Gasteiger partial charge < -0.3 is 15.2 Å². The summed E-state index contributed by atoms with van der Waals surface area (Å²) in [6.45, 7) is 5.12. The normalized spacial score (nSPS) is 13.3. The summed E-state index contributed by atoms with van der Waals surface area (Å²) in [5.41, 5.74) is 5.03. The van der Waals surface area contributed by atoms with Crippen molar-refractivity contribution in [3.8, 4) is 17.6 Å². The number of nitrogens with zero attached hydrogens (tertiary/aromatic N) is 1. The number of unbranched alkanes of at least 4 members (excludes halogenated alkanes) is 1. The van der Waals surface area contributed by atoms with Gasteiger partial charge in [-0.25, -0.2) is 0 Å². The van der Waals surface area contributed by atoms with E-state index >= 15 is 0 Å². The van der Waals surface area contributed by atoms with Crippen LogP contribution in [0.15, 0.2) is 24.3 Å². The highest BCUT2D eigenvalue weighted by Gasteiger charge is 2.15. The number of nitriles is 1. The molecule has 0 fully saturated rings. The number of nitrogens with two attached hydrogens (primary N) is 1. The molecule has 0 saturated carbocycles. The summed E-state index contributed by atoms with van der Waals surface area (Å²) in [6, 6.07) is 9.79. The molecule has 4 nitrogen and oxygen atoms in total. The van der Waals surface area contributed by atoms with Crippen molar-refractivity contribution >= 4 is 0 Å². The maximum atomic E-state index is 8.82. The lowest BCUT2D eigenvalue weighted by molar-refractivity contribution is 0.261. The van der Waals surface area contributed by atoms with Crippen molar-refractivity contribution in [2.75, 3.05) is 13.2 Å². The molecule has 2 N–H and O–H groups in total. The number of benzene rings is 1. The van der Waals surface area contributed by atoms with Crippen LogP contribution in [0.4, 0.5) is 0 Å². The molecular weight excluding hydrogens is 252 g/mol. The van der Waals surface area contributed by atoms with E-state index in [9.17, 15) is 0 Å². The average molecular weight is 276 g/mol. The van der Waals surface area contributed by atoms with E-state index in [1.54, 1.807) is 6.92 Å². The molecule has 1 atom stereocenters. The Balaban J connectivity index is 2.33. The van der Waals surface area contributed by atoms with E-state index in [4.69, 9.17) is 20.5 Å². The first-order valence-electron chi connectivity index (χ1n) is 7.14. The zero-order valence-electron chi connectivity index (χ0n) is 12.4. The molecule has 1 unspecified atom stereocenters. The molecule has 0 aliphatic rings. The number of rotatable bonds is 9. The molecule has 0 bridgehead atoms. The molecule has 20 heavy (non-hydrogen) atoms. The topological polar surface area (TPSA) is 68.3 Å². The van der Waals surface area contributed by atoms with Crippen molar-refractivity contribution in [2.24, 2.45) is 5.73 Å². The van der Waals surface area contributed by atoms with Crippen LogP contribution in [-0.2, 0) is 0 Å². The maximum Gasteiger partial charge on any atom is 0.161 e. The van der Waals surface area contributed by atoms with E-state index in [1.165, 1.54) is 0 Å². The van der Waals surface area contributed by atoms with Gasteiger partial charge in [0.05, 0.1) is 19.3 Å². The van der Waals surface area contributed by atoms with Gasteiger partial charge in [0.15, 0.2) is 11.5 Å². The lowest BCUT2D eigenvalue weighted by atomic mass is 9.98. The molecule has 0 amide bonds. The molecule has 0 spiro atoms. The highest BCUT2D eigenvalue weighted by atomic mass is 16.5. The average Bonchev–Trinajstić information content (AvgIpc) is 2.45. The van der Waals surface area contributed by atoms with Crippen LogP contribution in [0.5, 0.6) is 11.5 Å². The quantitative estimate of drug-likeness (QED) is 0.703. The fraction of sp³-hybridized carbons (Fsp3) is 0.562. The second-order valence-corrected chi connectivity index (χ2v) is 5.13. The van der Waals surface area contributed by atoms with Crippen molar-refractivity contribution in [1.82, 2.24) is 0 Å². The smallest absolute Gasteiger partial charge is 0.161 e. The zero-order chi connectivity index (χ0) is 14.8. The third kappa shape index (κ3) is 5.94. The van der Waals surface area contributed by atoms with E-state index in [0.29, 0.717) is 19.6 Å². The standard InChI is InChI=1S/C16H24N2O2/c1-3-11-19-14-8-4-5-9-15(14)20-12-7-6-10-16(2,18)13-17/h4-5,8-9H,3,6-7,10-12,18H2,1-2H3. The molecule has 4 heteroatoms. The van der Waals surface area contributed by atoms with Crippen LogP contribution < -0.4 is 15.2 Å². The van der Waals surface area contributed by atoms with Gasteiger partial charge in [-0.15, -0.1) is 0 Å². The molecule has 1 aromatic rings. The first-order chi connectivity index (χ1) is 9.59. The molecule has 0 aliphatic heterocycles. The molecule has 0 aromatic heterocycles. The minimum absolute atomic E-state index is 0.605. The third-order valence-electron chi connectivity index (χ3n) is 2.91. The summed E-state index contributed by atoms with van der Waals surface area (Å²) in [5.74, 6) is 1.56. The Morgan fingerprint density at radius 1 is 1.15 bits per heavy atom. The Bertz CT molecular complexity index is 438. The molecule has 0 saturated heterocycles. The van der Waals surface area contributed by atoms with Crippen molar-refractivity contribution in [2.45, 2.75) is 45.1 Å². The van der Waals surface area contributed by atoms with Crippen LogP contribution in [0.2, 0.25) is 0 Å². The van der Waals surface area contributed by atoms with Gasteiger partial charge in [-0.05, 0) is 44.7 Å². The lowest BCUT2D eigenvalue weighted by Gasteiger charge is -2.15. The Hall–Kier alpha value is -1.73. The van der Waals surface area contributed by atoms with Gasteiger partial charge in [-0.3, -0.25) is 0 Å². The number of hydrogen-bond acceptors (Lipinski definition) is 4. The lowest BCUT2D eigenvalue weighted by Crippen LogP contribution is -2.33. The Kier molecular flexibility index (Phi) is 6.89. The number of ether oxygens (including phenoxy) is 2. The van der Waals surface area contributed by atoms with E-state index in [0.717, 1.165) is 30.8 Å². The number of hydrogen-bond donors (Lipinski definition) is 1. The fourth-order valence-corrected chi connectivity index (χ4v) is 1.73. The van der Waals surface area contributed by atoms with Gasteiger partial charge in [0.25, 0.3) is 0 Å². The second kappa shape index (κ2) is 8.44. The summed E-state index contributed by atoms with van der Waals surface area (Å²) < 4.78 is 11.4. The Labute approximate surface area is 121 Å². The highest BCUT2D eigenvalue weighted by molar-refractivity contribution is 5.39. The predicted octanol–water partition coefficient (Wildman–Crippen LogP) is 3.27. The minimum atomic E-state index is -0.734. The summed E-state index contributed by atoms with van der Waals surface area (Å²) in [5, 5.41) is 8.82. The van der Waals surface area contributed by atoms with Gasteiger partial charge >= 0.3 is 0 Å². The van der Waals surface area contributed by atoms with E-state index in [1.807, 2.05) is 24.3 Å². The van der Waals surface area contributed by atoms with Crippen molar-refractivity contribution in [3.05, 3.63) is 24.3 Å². The largest absolute Gasteiger partial charge is 0.490 e. The van der Waals surface area contributed by atoms with E-state index in [2.05, 4.69) is 13.0 Å². The van der Waals surface area contributed by atoms with Gasteiger partial charge in [0, 0.05) is 0 Å². The van der Waals surface area contributed by atoms with Gasteiger partial charge in [-0.1, -0.05) is 19.1 Å². The van der Waals surface area contributed by atoms with Gasteiger partial charge in [0.2, 0.25) is 0 Å². The van der Waals surface area contributed by atoms with Crippen LogP contribution >= 0.6 is 0 Å². The molecule has 1 rings (SSSR count).